The predicted octanol–water partition coefficient (Wildman–Crippen LogP) is 24.4. The molecule has 16 rings (SSSR count). The first-order valence-electron chi connectivity index (χ1n) is 43.7. The predicted molar refractivity (Wildman–Crippen MR) is 572 cm³/mol. The number of esters is 1. The molecule has 22 nitrogen and oxygen atoms in total. The zero-order chi connectivity index (χ0) is 105. The number of hydrogen-bond acceptors (Lipinski definition) is 20. The number of carbonyl (C=O) groups excluding carboxylic acids is 7. The van der Waals surface area contributed by atoms with Crippen molar-refractivity contribution in [2.45, 2.75) is 130 Å². The summed E-state index contributed by atoms with van der Waals surface area (Å²) in [7, 11) is -4.28. The van der Waals surface area contributed by atoms with Crippen molar-refractivity contribution in [3.8, 4) is 61.4 Å². The molecule has 16 aromatic rings. The van der Waals surface area contributed by atoms with Gasteiger partial charge in [0.2, 0.25) is 0 Å². The number of Topliss-reactive ketones (excluding diaryl/α,β-unsaturated/α-hetero) is 5. The van der Waals surface area contributed by atoms with Crippen molar-refractivity contribution in [3.63, 3.8) is 0 Å². The summed E-state index contributed by atoms with van der Waals surface area (Å²) in [5.74, 6) is -3.89. The topological polar surface area (TPSA) is 343 Å². The SMILES string of the molecule is CC(=O)c1cc(-c2ccccc2Cl)c2c(C)c(-c3ccncc3)c(C)cc2n1.CC(=O)c1cc(-c2ccccc2Cl)c2c(C)c(Br)c(C)cc2n1.CC(=O)c1cc(=O)c2c(C)c(Br)c(C)cc2[nH]1.CC(=O)c1cc(OS(=O)(=O)C(F)(F)F)c2c(C)c(Br)c(C)cc2n1.CCOC(=O)/C=C(\[O-])C(C)=O.CNC(=O)c1cc(-c2ccccc2Cl)c2c(C)c(-c3ccncc3)c(C)cc2n1.Cc1cc(N)cc(C)c1Br.[Na+]. The Morgan fingerprint density at radius 2 is 0.797 bits per heavy atom. The van der Waals surface area contributed by atoms with Gasteiger partial charge >= 0.3 is 51.2 Å². The third-order valence-corrected chi connectivity index (χ3v) is 29.5. The Hall–Kier alpha value is -11.9. The van der Waals surface area contributed by atoms with Crippen LogP contribution >= 0.6 is 98.5 Å². The van der Waals surface area contributed by atoms with Crippen LogP contribution in [0.5, 0.6) is 5.75 Å². The van der Waals surface area contributed by atoms with Crippen LogP contribution in [-0.2, 0) is 24.4 Å². The number of halogens is 10. The monoisotopic (exact) mass is 2270 g/mol. The van der Waals surface area contributed by atoms with Gasteiger partial charge in [-0.1, -0.05) is 159 Å². The Morgan fingerprint density at radius 1 is 0.455 bits per heavy atom. The molecule has 34 heteroatoms. The Labute approximate surface area is 896 Å². The number of nitrogens with two attached hydrogens (primary N) is 1. The van der Waals surface area contributed by atoms with E-state index >= 15 is 0 Å². The summed E-state index contributed by atoms with van der Waals surface area (Å²) in [5.41, 5.74) is 27.4. The minimum atomic E-state index is -5.88. The molecule has 0 aliphatic rings. The first kappa shape index (κ1) is 115. The number of fused-ring (bicyclic) bond motifs is 5. The van der Waals surface area contributed by atoms with Gasteiger partial charge < -0.3 is 30.1 Å². The van der Waals surface area contributed by atoms with E-state index in [-0.39, 0.29) is 81.4 Å². The van der Waals surface area contributed by atoms with E-state index in [1.165, 1.54) is 44.0 Å². The second kappa shape index (κ2) is 49.6. The van der Waals surface area contributed by atoms with Crippen LogP contribution in [0.25, 0.3) is 110 Å². The molecular formula is C109H96Br4Cl3F3N9NaO13S. The van der Waals surface area contributed by atoms with Gasteiger partial charge in [0, 0.05) is 160 Å². The molecule has 1 amide bonds. The van der Waals surface area contributed by atoms with Crippen LogP contribution < -0.4 is 55.3 Å². The molecule has 7 heterocycles. The molecule has 0 spiro atoms. The molecule has 732 valence electrons. The Balaban J connectivity index is 0.000000191. The minimum Gasteiger partial charge on any atom is -0.870 e. The van der Waals surface area contributed by atoms with E-state index in [9.17, 15) is 65.1 Å². The molecule has 0 atom stereocenters. The number of aryl methyl sites for hydroxylation is 12. The fourth-order valence-electron chi connectivity index (χ4n) is 15.9. The van der Waals surface area contributed by atoms with Gasteiger partial charge in [-0.3, -0.25) is 43.5 Å². The molecule has 9 aromatic carbocycles. The molecule has 0 saturated heterocycles. The van der Waals surface area contributed by atoms with Gasteiger partial charge in [-0.15, -0.1) is 0 Å². The summed E-state index contributed by atoms with van der Waals surface area (Å²) in [6, 6.07) is 52.2. The first-order chi connectivity index (χ1) is 66.8. The number of amides is 1. The van der Waals surface area contributed by atoms with E-state index in [1.54, 1.807) is 52.6 Å². The Morgan fingerprint density at radius 3 is 1.17 bits per heavy atom. The number of nitrogen functional groups attached to an aromatic ring is 1. The second-order valence-electron chi connectivity index (χ2n) is 33.0. The quantitative estimate of drug-likeness (QED) is 0.0125. The number of hydrogen-bond donors (Lipinski definition) is 3. The van der Waals surface area contributed by atoms with E-state index in [0.717, 1.165) is 177 Å². The number of rotatable bonds is 15. The van der Waals surface area contributed by atoms with Crippen LogP contribution in [-0.4, -0.2) is 103 Å². The van der Waals surface area contributed by atoms with E-state index in [0.29, 0.717) is 64.9 Å². The van der Waals surface area contributed by atoms with Crippen molar-refractivity contribution in [1.82, 2.24) is 40.2 Å². The molecule has 4 N–H and O–H groups in total. The number of nitrogens with one attached hydrogen (secondary N) is 2. The van der Waals surface area contributed by atoms with Gasteiger partial charge in [0.1, 0.15) is 28.6 Å². The molecule has 7 aromatic heterocycles. The molecular weight excluding hydrogens is 2180 g/mol. The summed E-state index contributed by atoms with van der Waals surface area (Å²) in [6.45, 7) is 32.2. The maximum absolute atomic E-state index is 12.6. The maximum Gasteiger partial charge on any atom is 1.00 e. The molecule has 0 saturated carbocycles. The van der Waals surface area contributed by atoms with E-state index in [2.05, 4.69) is 147 Å². The van der Waals surface area contributed by atoms with E-state index in [1.807, 2.05) is 186 Å². The summed E-state index contributed by atoms with van der Waals surface area (Å²) >= 11 is 33.3. The van der Waals surface area contributed by atoms with Gasteiger partial charge in [0.15, 0.2) is 34.3 Å². The van der Waals surface area contributed by atoms with Crippen LogP contribution in [0.3, 0.4) is 0 Å². The van der Waals surface area contributed by atoms with Crippen molar-refractivity contribution in [3.05, 3.63) is 345 Å². The van der Waals surface area contributed by atoms with Crippen molar-refractivity contribution in [2.75, 3.05) is 19.4 Å². The number of pyridine rings is 7. The summed E-state index contributed by atoms with van der Waals surface area (Å²) < 4.78 is 72.9. The zero-order valence-corrected chi connectivity index (χ0v) is 92.9. The number of alkyl halides is 3. The van der Waals surface area contributed by atoms with Gasteiger partial charge in [0.25, 0.3) is 5.91 Å². The molecule has 0 unspecified atom stereocenters. The van der Waals surface area contributed by atoms with Crippen LogP contribution in [0.1, 0.15) is 161 Å². The van der Waals surface area contributed by atoms with Crippen LogP contribution in [0.4, 0.5) is 18.9 Å². The third-order valence-electron chi connectivity index (χ3n) is 22.6. The Bertz CT molecular complexity index is 7960. The number of nitrogens with zero attached hydrogens (tertiary/aromatic N) is 6. The number of H-pyrrole nitrogens is 1. The average molecular weight is 2280 g/mol. The number of carbonyl (C=O) groups is 7. The summed E-state index contributed by atoms with van der Waals surface area (Å²) in [6.07, 6.45) is 7.82. The van der Waals surface area contributed by atoms with Crippen LogP contribution in [0, 0.1) is 83.1 Å². The van der Waals surface area contributed by atoms with Gasteiger partial charge in [-0.2, -0.15) is 21.6 Å². The van der Waals surface area contributed by atoms with E-state index in [4.69, 9.17) is 40.5 Å². The maximum atomic E-state index is 12.6. The first-order valence-corrected chi connectivity index (χ1v) is 49.4. The molecule has 143 heavy (non-hydrogen) atoms. The third kappa shape index (κ3) is 27.2. The van der Waals surface area contributed by atoms with E-state index < -0.39 is 44.7 Å². The normalized spacial score (nSPS) is 11.0. The molecule has 0 bridgehead atoms. The minimum absolute atomic E-state index is 0. The average Bonchev–Trinajstić information content (AvgIpc) is 0.745. The van der Waals surface area contributed by atoms with Gasteiger partial charge in [0.05, 0.1) is 39.9 Å². The van der Waals surface area contributed by atoms with Crippen molar-refractivity contribution in [1.29, 1.82) is 0 Å². The molecule has 0 radical (unpaired) electrons. The van der Waals surface area contributed by atoms with Crippen molar-refractivity contribution >= 4 is 210 Å². The Kier molecular flexibility index (Phi) is 39.8. The smallest absolute Gasteiger partial charge is 0.870 e. The van der Waals surface area contributed by atoms with Crippen LogP contribution in [0.15, 0.2) is 229 Å². The number of aromatic nitrogens is 7. The zero-order valence-electron chi connectivity index (χ0n) is 81.5. The van der Waals surface area contributed by atoms with Gasteiger partial charge in [-0.05, 0) is 306 Å². The summed E-state index contributed by atoms with van der Waals surface area (Å²) in [5, 5.41) is 18.8. The van der Waals surface area contributed by atoms with Crippen LogP contribution in [0.2, 0.25) is 15.1 Å². The number of aromatic amines is 1. The number of allylic oxidation sites excluding steroid dienone is 1. The van der Waals surface area contributed by atoms with Gasteiger partial charge in [-0.25, -0.2) is 24.7 Å². The number of anilines is 1. The fourth-order valence-corrected chi connectivity index (χ4v) is 18.2. The number of ether oxygens (including phenoxy) is 1. The van der Waals surface area contributed by atoms with Crippen molar-refractivity contribution < 1.29 is 98.7 Å². The number of ketones is 5. The second-order valence-corrected chi connectivity index (χ2v) is 38.9. The fraction of sp³-hybridized carbons (Fsp3) is 0.193. The molecule has 0 aliphatic carbocycles. The molecule has 0 aliphatic heterocycles. The van der Waals surface area contributed by atoms with Crippen molar-refractivity contribution in [2.24, 2.45) is 0 Å². The standard InChI is InChI=1S/C24H20ClN3O.C24H19ClN2O.C19H15BrClNO.C14H11BrF3NO4S.C13H12BrNO2.C8H10BrN.C7H10O4.Na/c1-14-12-20-23(15(2)22(14)16-8-10-27-11-9-16)18(13-21(28-20)24(29)26-3)17-6-4-5-7-19(17)25;1-14-12-22-24(15(2)23(14)17-8-10-26-11-9-17)19(13-21(27-22)16(3)28)18-6-4-5-7-20(18)25;1-10-8-17-18(11(2)19(10)20)14(9-16(22-17)12(3)23)13-6-4-5-7-15(13)21;1-6-4-10-12(7(2)13(6)15)11(5-9(19-10)8(3)20)23-24(21,22)14(16,17)18;1-6-4-10-12(7(2)13(6)14)11(17)5-9(15-10)8(3)16;1-5-3-7(10)4-6(2)8(5)9;1-3-11-7(10)4-6(9)5(2)8;/h4-13H,1-3H3,(H,26,29);4-13H,1-3H3;4-9H,1-3H3;4-5H,1-3H3;4-5H,1-3H3,(H,15,17);3-4H,10H2,1-2H3;4,9H,3H2,1-2H3;/q;;;;;;;+1/p-1/b;;;;;;6-4-;. The number of benzene rings is 9. The molecule has 0 fully saturated rings. The largest absolute Gasteiger partial charge is 1.00 e. The summed E-state index contributed by atoms with van der Waals surface area (Å²) in [4.78, 5) is 121.